The van der Waals surface area contributed by atoms with E-state index in [9.17, 15) is 8.42 Å². The third kappa shape index (κ3) is 6.34. The Morgan fingerprint density at radius 2 is 1.48 bits per heavy atom. The Morgan fingerprint density at radius 1 is 0.960 bits per heavy atom. The molecule has 0 radical (unpaired) electrons. The van der Waals surface area contributed by atoms with Crippen molar-refractivity contribution in [3.63, 3.8) is 0 Å². The van der Waals surface area contributed by atoms with Gasteiger partial charge in [-0.1, -0.05) is 0 Å². The molecule has 0 aliphatic rings. The van der Waals surface area contributed by atoms with Gasteiger partial charge in [-0.3, -0.25) is 0 Å². The van der Waals surface area contributed by atoms with Crippen LogP contribution >= 0.6 is 6.83 Å². The molecule has 25 heavy (non-hydrogen) atoms. The maximum atomic E-state index is 12.4. The van der Waals surface area contributed by atoms with Crippen molar-refractivity contribution in [3.05, 3.63) is 30.3 Å². The van der Waals surface area contributed by atoms with E-state index < -0.39 is 16.9 Å². The molecule has 0 unspecified atom stereocenters. The van der Waals surface area contributed by atoms with Gasteiger partial charge in [0, 0.05) is 0 Å². The van der Waals surface area contributed by atoms with Gasteiger partial charge in [-0.25, -0.2) is 0 Å². The summed E-state index contributed by atoms with van der Waals surface area (Å²) in [7, 11) is -3.54. The number of unbranched alkanes of at least 4 members (excludes halogenated alkanes) is 2. The van der Waals surface area contributed by atoms with Gasteiger partial charge in [0.05, 0.1) is 0 Å². The van der Waals surface area contributed by atoms with Crippen molar-refractivity contribution in [1.29, 1.82) is 0 Å². The van der Waals surface area contributed by atoms with Crippen LogP contribution in [0.15, 0.2) is 30.3 Å². The van der Waals surface area contributed by atoms with Gasteiger partial charge in [-0.2, -0.15) is 0 Å². The van der Waals surface area contributed by atoms with Gasteiger partial charge in [0.2, 0.25) is 0 Å². The zero-order valence-corrected chi connectivity index (χ0v) is 18.4. The number of hydrogen-bond acceptors (Lipinski definition) is 3. The van der Waals surface area contributed by atoms with Crippen LogP contribution < -0.4 is 5.30 Å². The van der Waals surface area contributed by atoms with Crippen LogP contribution in [0.1, 0.15) is 59.8 Å². The average molecular weight is 389 g/mol. The molecule has 0 bridgehead atoms. The molecule has 5 heteroatoms. The molecule has 0 saturated heterocycles. The molecule has 0 spiro atoms. The zero-order valence-electron chi connectivity index (χ0n) is 16.7. The summed E-state index contributed by atoms with van der Waals surface area (Å²) in [5.41, 5.74) is 0. The second kappa shape index (κ2) is 9.48. The van der Waals surface area contributed by atoms with Gasteiger partial charge in [-0.05, 0) is 0 Å². The van der Waals surface area contributed by atoms with Crippen LogP contribution in [0.2, 0.25) is 0 Å². The van der Waals surface area contributed by atoms with E-state index in [-0.39, 0.29) is 0 Å². The molecule has 1 rings (SSSR count). The van der Waals surface area contributed by atoms with E-state index in [0.717, 1.165) is 55.9 Å². The first kappa shape index (κ1) is 22.6. The van der Waals surface area contributed by atoms with Crippen LogP contribution in [0.25, 0.3) is 0 Å². The standard InChI is InChI=1S/C20H37O3PS/c1-6-8-16-24(17-9-7-2,18-15-19(3)4,23-25(5,21)22)20-13-11-10-12-14-20/h10-14,19H,6-9,15-18H2,1-5H3. The normalized spacial score (nSPS) is 14.4. The monoisotopic (exact) mass is 388 g/mol. The summed E-state index contributed by atoms with van der Waals surface area (Å²) >= 11 is 0. The summed E-state index contributed by atoms with van der Waals surface area (Å²) in [4.78, 5) is 0. The molecule has 0 aliphatic heterocycles. The number of benzene rings is 1. The molecule has 1 aromatic carbocycles. The van der Waals surface area contributed by atoms with Gasteiger partial charge < -0.3 is 0 Å². The van der Waals surface area contributed by atoms with Crippen molar-refractivity contribution in [2.45, 2.75) is 59.8 Å². The Bertz CT molecular complexity index is 603. The Kier molecular flexibility index (Phi) is 8.57. The molecule has 1 aromatic rings. The Balaban J connectivity index is 3.61. The second-order valence-corrected chi connectivity index (χ2v) is 14.9. The van der Waals surface area contributed by atoms with Crippen LogP contribution in [0.3, 0.4) is 0 Å². The van der Waals surface area contributed by atoms with Gasteiger partial charge in [0.1, 0.15) is 0 Å². The molecular formula is C20H37O3PS. The molecule has 0 atom stereocenters. The fourth-order valence-electron chi connectivity index (χ4n) is 3.65. The van der Waals surface area contributed by atoms with Crippen LogP contribution in [0.4, 0.5) is 0 Å². The maximum absolute atomic E-state index is 12.4. The minimum absolute atomic E-state index is 0.525. The summed E-state index contributed by atoms with van der Waals surface area (Å²) in [6.45, 7) is 5.69. The van der Waals surface area contributed by atoms with Crippen LogP contribution in [0, 0.1) is 5.92 Å². The molecule has 0 aromatic heterocycles. The Hall–Kier alpha value is -0.440. The van der Waals surface area contributed by atoms with Crippen molar-refractivity contribution in [2.24, 2.45) is 5.92 Å². The predicted molar refractivity (Wildman–Crippen MR) is 113 cm³/mol. The topological polar surface area (TPSA) is 43.4 Å². The fraction of sp³-hybridized carbons (Fsp3) is 0.700. The van der Waals surface area contributed by atoms with Crippen molar-refractivity contribution in [2.75, 3.05) is 24.7 Å². The van der Waals surface area contributed by atoms with Crippen LogP contribution in [-0.4, -0.2) is 33.2 Å². The van der Waals surface area contributed by atoms with Gasteiger partial charge in [0.25, 0.3) is 0 Å². The SMILES string of the molecule is CCCCP(CCCC)(CCC(C)C)(OS(C)(=O)=O)c1ccccc1. The average Bonchev–Trinajstić information content (AvgIpc) is 2.56. The first-order valence-electron chi connectivity index (χ1n) is 9.65. The van der Waals surface area contributed by atoms with Gasteiger partial charge in [0.15, 0.2) is 0 Å². The molecule has 0 fully saturated rings. The van der Waals surface area contributed by atoms with E-state index in [1.54, 1.807) is 0 Å². The van der Waals surface area contributed by atoms with Crippen LogP contribution in [0.5, 0.6) is 0 Å². The van der Waals surface area contributed by atoms with Crippen molar-refractivity contribution in [3.8, 4) is 0 Å². The molecule has 0 aliphatic carbocycles. The summed E-state index contributed by atoms with van der Waals surface area (Å²) in [5, 5.41) is 1.14. The van der Waals surface area contributed by atoms with Crippen molar-refractivity contribution < 1.29 is 12.4 Å². The van der Waals surface area contributed by atoms with Gasteiger partial charge >= 0.3 is 155 Å². The van der Waals surface area contributed by atoms with E-state index in [1.807, 2.05) is 18.2 Å². The van der Waals surface area contributed by atoms with Crippen molar-refractivity contribution >= 4 is 22.3 Å². The first-order chi connectivity index (χ1) is 11.7. The predicted octanol–water partition coefficient (Wildman–Crippen LogP) is 5.40. The molecule has 0 saturated carbocycles. The van der Waals surface area contributed by atoms with E-state index in [2.05, 4.69) is 39.8 Å². The minimum atomic E-state index is -3.54. The molecule has 3 nitrogen and oxygen atoms in total. The zero-order chi connectivity index (χ0) is 19.0. The molecule has 146 valence electrons. The van der Waals surface area contributed by atoms with E-state index in [1.165, 1.54) is 6.26 Å². The van der Waals surface area contributed by atoms with Crippen LogP contribution in [-0.2, 0) is 14.1 Å². The van der Waals surface area contributed by atoms with E-state index in [0.29, 0.717) is 5.92 Å². The second-order valence-electron chi connectivity index (χ2n) is 7.80. The number of hydrogen-bond donors (Lipinski definition) is 0. The molecular weight excluding hydrogens is 351 g/mol. The quantitative estimate of drug-likeness (QED) is 0.450. The summed E-state index contributed by atoms with van der Waals surface area (Å²) in [6, 6.07) is 10.3. The third-order valence-electron chi connectivity index (χ3n) is 5.03. The van der Waals surface area contributed by atoms with Gasteiger partial charge in [-0.15, -0.1) is 0 Å². The van der Waals surface area contributed by atoms with E-state index in [4.69, 9.17) is 3.97 Å². The first-order valence-corrected chi connectivity index (χ1v) is 14.2. The molecule has 0 amide bonds. The molecule has 0 heterocycles. The van der Waals surface area contributed by atoms with E-state index >= 15 is 0 Å². The molecule has 0 N–H and O–H groups in total. The van der Waals surface area contributed by atoms with Crippen molar-refractivity contribution in [1.82, 2.24) is 0 Å². The fourth-order valence-corrected chi connectivity index (χ4v) is 13.3. The Morgan fingerprint density at radius 3 is 1.88 bits per heavy atom. The summed E-state index contributed by atoms with van der Waals surface area (Å²) in [6.07, 6.45) is 8.92. The summed E-state index contributed by atoms with van der Waals surface area (Å²) in [5.74, 6) is 0.525. The number of rotatable bonds is 12. The third-order valence-corrected chi connectivity index (χ3v) is 13.3. The Labute approximate surface area is 155 Å². The summed E-state index contributed by atoms with van der Waals surface area (Å²) < 4.78 is 31.1.